The van der Waals surface area contributed by atoms with Crippen LogP contribution in [0, 0.1) is 0 Å². The van der Waals surface area contributed by atoms with Crippen molar-refractivity contribution in [3.05, 3.63) is 29.3 Å². The van der Waals surface area contributed by atoms with Gasteiger partial charge in [0.05, 0.1) is 17.3 Å². The van der Waals surface area contributed by atoms with Crippen molar-refractivity contribution >= 4 is 12.6 Å². The zero-order valence-electron chi connectivity index (χ0n) is 14.7. The summed E-state index contributed by atoms with van der Waals surface area (Å²) in [6.07, 6.45) is 5.08. The van der Waals surface area contributed by atoms with Crippen LogP contribution in [0.2, 0.25) is 0 Å². The van der Waals surface area contributed by atoms with Crippen LogP contribution in [-0.2, 0) is 14.0 Å². The van der Waals surface area contributed by atoms with Gasteiger partial charge in [-0.3, -0.25) is 0 Å². The summed E-state index contributed by atoms with van der Waals surface area (Å²) in [6, 6.07) is 6.82. The van der Waals surface area contributed by atoms with Gasteiger partial charge in [0, 0.05) is 6.61 Å². The Bertz CT molecular complexity index is 585. The average Bonchev–Trinajstić information content (AvgIpc) is 3.13. The molecule has 4 heteroatoms. The van der Waals surface area contributed by atoms with Crippen LogP contribution >= 0.6 is 0 Å². The monoisotopic (exact) mass is 314 g/mol. The van der Waals surface area contributed by atoms with Crippen LogP contribution in [0.25, 0.3) is 0 Å². The number of hydrogen-bond acceptors (Lipinski definition) is 3. The van der Waals surface area contributed by atoms with E-state index in [9.17, 15) is 0 Å². The largest absolute Gasteiger partial charge is 0.495 e. The highest BCUT2D eigenvalue weighted by Crippen LogP contribution is 2.42. The molecule has 2 aliphatic heterocycles. The van der Waals surface area contributed by atoms with E-state index in [1.54, 1.807) is 0 Å². The number of benzene rings is 1. The van der Waals surface area contributed by atoms with Crippen LogP contribution in [0.3, 0.4) is 0 Å². The lowest BCUT2D eigenvalue weighted by atomic mass is 9.73. The highest BCUT2D eigenvalue weighted by atomic mass is 16.7. The fourth-order valence-electron chi connectivity index (χ4n) is 3.57. The van der Waals surface area contributed by atoms with Gasteiger partial charge >= 0.3 is 7.12 Å². The molecule has 0 radical (unpaired) electrons. The van der Waals surface area contributed by atoms with E-state index in [2.05, 4.69) is 45.9 Å². The molecule has 1 aromatic rings. The van der Waals surface area contributed by atoms with Gasteiger partial charge in [0.25, 0.3) is 0 Å². The topological polar surface area (TPSA) is 27.7 Å². The Hall–Kier alpha value is -0.835. The lowest BCUT2D eigenvalue weighted by Crippen LogP contribution is -2.41. The van der Waals surface area contributed by atoms with Gasteiger partial charge < -0.3 is 14.0 Å². The highest BCUT2D eigenvalue weighted by molar-refractivity contribution is 6.62. The molecule has 4 rings (SSSR count). The highest BCUT2D eigenvalue weighted by Gasteiger charge is 2.52. The predicted molar refractivity (Wildman–Crippen MR) is 92.1 cm³/mol. The molecule has 0 N–H and O–H groups in total. The summed E-state index contributed by atoms with van der Waals surface area (Å²) in [5.74, 6) is 0.683. The molecule has 1 aliphatic carbocycles. The van der Waals surface area contributed by atoms with Crippen molar-refractivity contribution in [1.29, 1.82) is 0 Å². The smallest absolute Gasteiger partial charge is 0.399 e. The maximum Gasteiger partial charge on any atom is 0.495 e. The molecule has 0 spiro atoms. The summed E-state index contributed by atoms with van der Waals surface area (Å²) in [7, 11) is -0.267. The standard InChI is InChI=1S/C19H27BO3/c1-18(2)19(3,4)23-20(22-18)16-12-14(17-6-5-11-21-17)9-10-15(16)13-7-8-13/h9-10,12-13,17H,5-8,11H2,1-4H3. The molecule has 3 nitrogen and oxygen atoms in total. The molecular formula is C19H27BO3. The Morgan fingerprint density at radius 3 is 2.26 bits per heavy atom. The van der Waals surface area contributed by atoms with Crippen molar-refractivity contribution in [1.82, 2.24) is 0 Å². The number of rotatable bonds is 3. The first-order valence-electron chi connectivity index (χ1n) is 8.98. The Kier molecular flexibility index (Phi) is 3.64. The maximum atomic E-state index is 6.32. The van der Waals surface area contributed by atoms with E-state index in [0.29, 0.717) is 5.92 Å². The second-order valence-electron chi connectivity index (χ2n) is 8.25. The third-order valence-corrected chi connectivity index (χ3v) is 5.94. The predicted octanol–water partition coefficient (Wildman–Crippen LogP) is 3.71. The van der Waals surface area contributed by atoms with Gasteiger partial charge in [-0.2, -0.15) is 0 Å². The average molecular weight is 314 g/mol. The second kappa shape index (κ2) is 5.33. The van der Waals surface area contributed by atoms with Crippen LogP contribution in [0.4, 0.5) is 0 Å². The summed E-state index contributed by atoms with van der Waals surface area (Å²) in [5, 5.41) is 0. The van der Waals surface area contributed by atoms with Crippen molar-refractivity contribution < 1.29 is 14.0 Å². The minimum atomic E-state index is -0.293. The van der Waals surface area contributed by atoms with E-state index >= 15 is 0 Å². The van der Waals surface area contributed by atoms with Crippen LogP contribution in [0.5, 0.6) is 0 Å². The molecule has 1 unspecified atom stereocenters. The minimum Gasteiger partial charge on any atom is -0.399 e. The molecule has 3 aliphatic rings. The van der Waals surface area contributed by atoms with E-state index in [1.165, 1.54) is 29.4 Å². The first-order valence-corrected chi connectivity index (χ1v) is 8.98. The number of ether oxygens (including phenoxy) is 1. The van der Waals surface area contributed by atoms with Crippen LogP contribution in [-0.4, -0.2) is 24.9 Å². The Morgan fingerprint density at radius 2 is 1.70 bits per heavy atom. The van der Waals surface area contributed by atoms with Crippen molar-refractivity contribution in [2.75, 3.05) is 6.61 Å². The van der Waals surface area contributed by atoms with E-state index < -0.39 is 0 Å². The summed E-state index contributed by atoms with van der Waals surface area (Å²) in [4.78, 5) is 0. The molecule has 0 amide bonds. The van der Waals surface area contributed by atoms with Gasteiger partial charge in [0.15, 0.2) is 0 Å². The van der Waals surface area contributed by atoms with Gasteiger partial charge in [0.2, 0.25) is 0 Å². The second-order valence-corrected chi connectivity index (χ2v) is 8.25. The van der Waals surface area contributed by atoms with E-state index in [0.717, 1.165) is 19.4 Å². The number of hydrogen-bond donors (Lipinski definition) is 0. The molecular weight excluding hydrogens is 287 g/mol. The molecule has 0 aromatic heterocycles. The van der Waals surface area contributed by atoms with Gasteiger partial charge in [-0.25, -0.2) is 0 Å². The Morgan fingerprint density at radius 1 is 1.00 bits per heavy atom. The summed E-state index contributed by atoms with van der Waals surface area (Å²) in [6.45, 7) is 9.35. The maximum absolute atomic E-state index is 6.32. The van der Waals surface area contributed by atoms with Gasteiger partial charge in [0.1, 0.15) is 0 Å². The van der Waals surface area contributed by atoms with Crippen molar-refractivity contribution in [3.63, 3.8) is 0 Å². The van der Waals surface area contributed by atoms with Crippen molar-refractivity contribution in [2.45, 2.75) is 76.6 Å². The first kappa shape index (κ1) is 15.7. The van der Waals surface area contributed by atoms with Gasteiger partial charge in [-0.1, -0.05) is 18.2 Å². The zero-order chi connectivity index (χ0) is 16.2. The lowest BCUT2D eigenvalue weighted by Gasteiger charge is -2.32. The summed E-state index contributed by atoms with van der Waals surface area (Å²) < 4.78 is 18.5. The molecule has 1 atom stereocenters. The van der Waals surface area contributed by atoms with E-state index in [-0.39, 0.29) is 24.4 Å². The quantitative estimate of drug-likeness (QED) is 0.796. The third-order valence-electron chi connectivity index (χ3n) is 5.94. The van der Waals surface area contributed by atoms with E-state index in [1.807, 2.05) is 0 Å². The Labute approximate surface area is 139 Å². The van der Waals surface area contributed by atoms with Crippen LogP contribution < -0.4 is 5.46 Å². The summed E-state index contributed by atoms with van der Waals surface area (Å²) in [5.41, 5.74) is 3.32. The van der Waals surface area contributed by atoms with Crippen molar-refractivity contribution in [2.24, 2.45) is 0 Å². The van der Waals surface area contributed by atoms with Gasteiger partial charge in [-0.05, 0) is 75.9 Å². The molecule has 2 heterocycles. The Balaban J connectivity index is 1.69. The lowest BCUT2D eigenvalue weighted by molar-refractivity contribution is 0.00578. The van der Waals surface area contributed by atoms with Crippen LogP contribution in [0.1, 0.15) is 76.5 Å². The minimum absolute atomic E-state index is 0.240. The molecule has 23 heavy (non-hydrogen) atoms. The molecule has 2 saturated heterocycles. The van der Waals surface area contributed by atoms with Crippen LogP contribution in [0.15, 0.2) is 18.2 Å². The molecule has 0 bridgehead atoms. The molecule has 1 saturated carbocycles. The first-order chi connectivity index (χ1) is 10.9. The van der Waals surface area contributed by atoms with E-state index in [4.69, 9.17) is 14.0 Å². The van der Waals surface area contributed by atoms with Gasteiger partial charge in [-0.15, -0.1) is 0 Å². The molecule has 124 valence electrons. The molecule has 3 fully saturated rings. The normalized spacial score (nSPS) is 29.2. The SMILES string of the molecule is CC1(C)OB(c2cc(C3CCCO3)ccc2C2CC2)OC1(C)C. The third kappa shape index (κ3) is 2.75. The van der Waals surface area contributed by atoms with Crippen molar-refractivity contribution in [3.8, 4) is 0 Å². The zero-order valence-corrected chi connectivity index (χ0v) is 14.7. The fourth-order valence-corrected chi connectivity index (χ4v) is 3.57. The molecule has 1 aromatic carbocycles. The fraction of sp³-hybridized carbons (Fsp3) is 0.684. The summed E-state index contributed by atoms with van der Waals surface area (Å²) >= 11 is 0.